The van der Waals surface area contributed by atoms with Crippen LogP contribution in [0, 0.1) is 0 Å². The third-order valence-electron chi connectivity index (χ3n) is 8.72. The van der Waals surface area contributed by atoms with Crippen LogP contribution in [0.5, 0.6) is 17.2 Å². The third kappa shape index (κ3) is 7.07. The van der Waals surface area contributed by atoms with Gasteiger partial charge in [-0.1, -0.05) is 72.8 Å². The Labute approximate surface area is 283 Å². The van der Waals surface area contributed by atoms with Gasteiger partial charge in [0.2, 0.25) is 0 Å². The van der Waals surface area contributed by atoms with Gasteiger partial charge < -0.3 is 28.8 Å². The lowest BCUT2D eigenvalue weighted by Crippen LogP contribution is -2.38. The Morgan fingerprint density at radius 3 is 1.86 bits per heavy atom. The molecule has 252 valence electrons. The van der Waals surface area contributed by atoms with Crippen molar-refractivity contribution in [2.45, 2.75) is 30.5 Å². The number of aliphatic hydroxyl groups excluding tert-OH is 1. The predicted octanol–water partition coefficient (Wildman–Crippen LogP) is 5.39. The summed E-state index contributed by atoms with van der Waals surface area (Å²) in [5, 5.41) is 11.2. The van der Waals surface area contributed by atoms with E-state index in [1.807, 2.05) is 103 Å². The highest BCUT2D eigenvalue weighted by molar-refractivity contribution is 5.69. The Hall–Kier alpha value is -5.42. The Morgan fingerprint density at radius 2 is 1.31 bits per heavy atom. The molecule has 5 aromatic rings. The number of ether oxygens (including phenoxy) is 5. The number of hydrogen-bond acceptors (Lipinski definition) is 8. The van der Waals surface area contributed by atoms with Crippen LogP contribution in [-0.4, -0.2) is 54.8 Å². The van der Waals surface area contributed by atoms with E-state index in [1.165, 1.54) is 10.8 Å². The highest BCUT2D eigenvalue weighted by Crippen LogP contribution is 2.42. The van der Waals surface area contributed by atoms with E-state index in [9.17, 15) is 14.7 Å². The quantitative estimate of drug-likeness (QED) is 0.171. The van der Waals surface area contributed by atoms with Crippen LogP contribution in [0.4, 0.5) is 0 Å². The summed E-state index contributed by atoms with van der Waals surface area (Å²) in [6.07, 6.45) is 2.37. The number of nitrogens with one attached hydrogen (secondary N) is 1. The maximum absolute atomic E-state index is 13.0. The first-order valence-electron chi connectivity index (χ1n) is 15.8. The lowest BCUT2D eigenvalue weighted by atomic mass is 9.80. The van der Waals surface area contributed by atoms with E-state index >= 15 is 0 Å². The van der Waals surface area contributed by atoms with E-state index < -0.39 is 35.3 Å². The zero-order chi connectivity index (χ0) is 34.4. The lowest BCUT2D eigenvalue weighted by molar-refractivity contribution is -0.0944. The Kier molecular flexibility index (Phi) is 10.1. The summed E-state index contributed by atoms with van der Waals surface area (Å²) in [6, 6.07) is 32.5. The number of aliphatic hydroxyl groups is 1. The minimum atomic E-state index is -1.12. The summed E-state index contributed by atoms with van der Waals surface area (Å²) < 4.78 is 30.6. The first-order chi connectivity index (χ1) is 23.8. The monoisotopic (exact) mass is 662 g/mol. The van der Waals surface area contributed by atoms with Crippen LogP contribution in [0.3, 0.4) is 0 Å². The van der Waals surface area contributed by atoms with Gasteiger partial charge in [0.15, 0.2) is 0 Å². The molecule has 49 heavy (non-hydrogen) atoms. The maximum Gasteiger partial charge on any atom is 0.330 e. The van der Waals surface area contributed by atoms with E-state index in [1.54, 1.807) is 33.5 Å². The standard InChI is InChI=1S/C39H38N2O8/c1-45-31-17-10-26(11-18-31)9-12-27-24-41(38(44)40-37(27)43)36-23-34(42)35(49-36)25-48-39(28-7-5-4-6-8-28,29-13-19-32(46-2)20-14-29)30-15-21-33(47-3)22-16-30/h4-22,24,34-36,42H,23,25H2,1-3H3,(H,40,43,44)/b12-9+/t34-,35+,36+/m0/s1. The van der Waals surface area contributed by atoms with E-state index in [0.29, 0.717) is 17.2 Å². The summed E-state index contributed by atoms with van der Waals surface area (Å²) >= 11 is 0. The molecule has 0 amide bonds. The normalized spacial score (nSPS) is 17.7. The summed E-state index contributed by atoms with van der Waals surface area (Å²) in [4.78, 5) is 28.0. The molecule has 2 heterocycles. The van der Waals surface area contributed by atoms with Crippen LogP contribution in [0.25, 0.3) is 12.2 Å². The third-order valence-corrected chi connectivity index (χ3v) is 8.72. The van der Waals surface area contributed by atoms with Gasteiger partial charge in [0.05, 0.1) is 39.6 Å². The predicted molar refractivity (Wildman–Crippen MR) is 186 cm³/mol. The van der Waals surface area contributed by atoms with Gasteiger partial charge in [-0.15, -0.1) is 0 Å². The molecule has 1 aliphatic rings. The van der Waals surface area contributed by atoms with Crippen molar-refractivity contribution in [1.82, 2.24) is 9.55 Å². The molecule has 1 aliphatic heterocycles. The zero-order valence-corrected chi connectivity index (χ0v) is 27.4. The van der Waals surface area contributed by atoms with Gasteiger partial charge in [-0.3, -0.25) is 14.3 Å². The van der Waals surface area contributed by atoms with E-state index in [4.69, 9.17) is 23.7 Å². The molecule has 0 aliphatic carbocycles. The molecule has 1 fully saturated rings. The van der Waals surface area contributed by atoms with Gasteiger partial charge in [0, 0.05) is 12.6 Å². The van der Waals surface area contributed by atoms with Crippen molar-refractivity contribution in [2.75, 3.05) is 27.9 Å². The number of rotatable bonds is 12. The molecular weight excluding hydrogens is 624 g/mol. The van der Waals surface area contributed by atoms with Gasteiger partial charge in [0.25, 0.3) is 5.56 Å². The Bertz CT molecular complexity index is 1940. The molecule has 10 nitrogen and oxygen atoms in total. The number of aromatic nitrogens is 2. The molecule has 6 rings (SSSR count). The molecule has 1 aromatic heterocycles. The summed E-state index contributed by atoms with van der Waals surface area (Å²) in [7, 11) is 4.82. The maximum atomic E-state index is 13.0. The molecule has 2 N–H and O–H groups in total. The molecule has 0 spiro atoms. The Morgan fingerprint density at radius 1 is 0.776 bits per heavy atom. The van der Waals surface area contributed by atoms with Gasteiger partial charge in [-0.2, -0.15) is 0 Å². The van der Waals surface area contributed by atoms with Crippen molar-refractivity contribution in [3.63, 3.8) is 0 Å². The van der Waals surface area contributed by atoms with Crippen LogP contribution in [0.15, 0.2) is 119 Å². The molecule has 4 aromatic carbocycles. The van der Waals surface area contributed by atoms with Crippen molar-refractivity contribution < 1.29 is 28.8 Å². The van der Waals surface area contributed by atoms with Crippen molar-refractivity contribution in [3.05, 3.63) is 158 Å². The number of methoxy groups -OCH3 is 3. The summed E-state index contributed by atoms with van der Waals surface area (Å²) in [6.45, 7) is -0.0209. The van der Waals surface area contributed by atoms with Crippen molar-refractivity contribution in [1.29, 1.82) is 0 Å². The number of hydrogen-bond donors (Lipinski definition) is 2. The van der Waals surface area contributed by atoms with Gasteiger partial charge in [-0.25, -0.2) is 4.79 Å². The van der Waals surface area contributed by atoms with E-state index in [0.717, 1.165) is 22.3 Å². The number of benzene rings is 4. The summed E-state index contributed by atoms with van der Waals surface area (Å²) in [5.41, 5.74) is 1.34. The largest absolute Gasteiger partial charge is 0.497 e. The molecule has 0 unspecified atom stereocenters. The van der Waals surface area contributed by atoms with E-state index in [2.05, 4.69) is 4.98 Å². The SMILES string of the molecule is COc1ccc(/C=C/c2cn([C@H]3C[C@H](O)[C@@H](COC(c4ccccc4)(c4ccc(OC)cc4)c4ccc(OC)cc4)O3)c(=O)[nH]c2=O)cc1. The molecule has 1 saturated heterocycles. The molecule has 0 bridgehead atoms. The topological polar surface area (TPSA) is 121 Å². The van der Waals surface area contributed by atoms with Crippen LogP contribution >= 0.6 is 0 Å². The van der Waals surface area contributed by atoms with Crippen molar-refractivity contribution in [2.24, 2.45) is 0 Å². The molecule has 0 saturated carbocycles. The van der Waals surface area contributed by atoms with Crippen LogP contribution in [0.1, 0.15) is 40.5 Å². The average Bonchev–Trinajstić information content (AvgIpc) is 3.52. The van der Waals surface area contributed by atoms with Gasteiger partial charge >= 0.3 is 5.69 Å². The fourth-order valence-corrected chi connectivity index (χ4v) is 6.05. The van der Waals surface area contributed by atoms with Gasteiger partial charge in [0.1, 0.15) is 35.2 Å². The Balaban J connectivity index is 1.30. The summed E-state index contributed by atoms with van der Waals surface area (Å²) in [5.74, 6) is 2.11. The molecule has 0 radical (unpaired) electrons. The molecular formula is C39H38N2O8. The highest BCUT2D eigenvalue weighted by atomic mass is 16.6. The molecule has 10 heteroatoms. The fourth-order valence-electron chi connectivity index (χ4n) is 6.05. The van der Waals surface area contributed by atoms with Crippen LogP contribution < -0.4 is 25.5 Å². The minimum absolute atomic E-state index is 0.0209. The average molecular weight is 663 g/mol. The molecule has 3 atom stereocenters. The first-order valence-corrected chi connectivity index (χ1v) is 15.8. The lowest BCUT2D eigenvalue weighted by Gasteiger charge is -2.37. The van der Waals surface area contributed by atoms with Crippen molar-refractivity contribution >= 4 is 12.2 Å². The van der Waals surface area contributed by atoms with Crippen molar-refractivity contribution in [3.8, 4) is 17.2 Å². The van der Waals surface area contributed by atoms with Gasteiger partial charge in [-0.05, 0) is 64.7 Å². The number of H-pyrrole nitrogens is 1. The number of aromatic amines is 1. The van der Waals surface area contributed by atoms with Crippen LogP contribution in [-0.2, 0) is 15.1 Å². The first kappa shape index (κ1) is 33.5. The highest BCUT2D eigenvalue weighted by Gasteiger charge is 2.42. The number of nitrogens with zero attached hydrogens (tertiary/aromatic N) is 1. The zero-order valence-electron chi connectivity index (χ0n) is 27.4. The second-order valence-electron chi connectivity index (χ2n) is 11.6. The second-order valence-corrected chi connectivity index (χ2v) is 11.6. The smallest absolute Gasteiger partial charge is 0.330 e. The minimum Gasteiger partial charge on any atom is -0.497 e. The fraction of sp³-hybridized carbons (Fsp3) is 0.231. The second kappa shape index (κ2) is 14.8. The van der Waals surface area contributed by atoms with E-state index in [-0.39, 0.29) is 18.6 Å². The van der Waals surface area contributed by atoms with Crippen LogP contribution in [0.2, 0.25) is 0 Å².